The zero-order valence-electron chi connectivity index (χ0n) is 23.6. The maximum Gasteiger partial charge on any atom is 0.446 e. The van der Waals surface area contributed by atoms with Crippen molar-refractivity contribution in [2.75, 3.05) is 24.7 Å². The fourth-order valence-electron chi connectivity index (χ4n) is 3.48. The smallest absolute Gasteiger partial charge is 0.446 e. The first-order valence-corrected chi connectivity index (χ1v) is 13.1. The highest BCUT2D eigenvalue weighted by Gasteiger charge is 2.38. The first-order chi connectivity index (χ1) is 20.3. The van der Waals surface area contributed by atoms with Gasteiger partial charge in [0.05, 0.1) is 25.4 Å². The van der Waals surface area contributed by atoms with Crippen molar-refractivity contribution in [3.63, 3.8) is 0 Å². The number of hydrogen-bond donors (Lipinski definition) is 8. The monoisotopic (exact) mass is 618 g/mol. The molecule has 242 valence electrons. The normalized spacial score (nSPS) is 24.0. The molecule has 4 heterocycles. The van der Waals surface area contributed by atoms with E-state index in [-0.39, 0.29) is 50.8 Å². The largest absolute Gasteiger partial charge is 0.550 e. The number of nitrogens with two attached hydrogens (primary N) is 2. The molecule has 0 amide bonds. The molecule has 0 aliphatic carbocycles. The fourth-order valence-corrected chi connectivity index (χ4v) is 3.48. The second-order valence-corrected chi connectivity index (χ2v) is 9.01. The minimum atomic E-state index is -0.995. The van der Waals surface area contributed by atoms with Crippen molar-refractivity contribution in [2.24, 2.45) is 0 Å². The molecule has 0 radical (unpaired) electrons. The predicted octanol–water partition coefficient (Wildman–Crippen LogP) is -6.76. The number of aromatic nitrogens is 6. The molecule has 20 heteroatoms. The third-order valence-corrected chi connectivity index (χ3v) is 5.71. The van der Waals surface area contributed by atoms with Gasteiger partial charge in [-0.2, -0.15) is 19.1 Å². The first-order valence-electron chi connectivity index (χ1n) is 13.1. The van der Waals surface area contributed by atoms with Crippen LogP contribution < -0.4 is 42.2 Å². The second kappa shape index (κ2) is 18.5. The topological polar surface area (TPSA) is 331 Å². The van der Waals surface area contributed by atoms with Crippen LogP contribution in [0.2, 0.25) is 0 Å². The number of ether oxygens (including phenoxy) is 2. The Balaban J connectivity index is 0.000000322. The highest BCUT2D eigenvalue weighted by molar-refractivity contribution is 5.64. The van der Waals surface area contributed by atoms with E-state index in [0.29, 0.717) is 6.42 Å². The standard InChI is InChI=1S/2C8H12N4O4.C4H8O2.C3H6O2/c2*9-7-10-3-12(8(15)11-7)6-1-4(14)5(2-13)16-6;1-2-3-4(5)6;1-2-3(4)5/h2*3-6,13-14H,1-2H2,(H2,9,11,15);2-3H2,1H3,(H,5,6);2H2,1H3,(H,4,5)/t2*4?,5-,6-;;/m11../s1. The molecule has 20 nitrogen and oxygen atoms in total. The number of aliphatic hydroxyl groups excluding tert-OH is 4. The Morgan fingerprint density at radius 2 is 1.26 bits per heavy atom. The van der Waals surface area contributed by atoms with E-state index in [1.165, 1.54) is 28.7 Å². The molecule has 2 aromatic heterocycles. The van der Waals surface area contributed by atoms with Crippen molar-refractivity contribution in [1.29, 1.82) is 0 Å². The van der Waals surface area contributed by atoms with Crippen LogP contribution in [-0.4, -0.2) is 89.9 Å². The lowest BCUT2D eigenvalue weighted by Gasteiger charge is -2.09. The summed E-state index contributed by atoms with van der Waals surface area (Å²) in [7, 11) is 0. The van der Waals surface area contributed by atoms with Crippen molar-refractivity contribution in [3.05, 3.63) is 33.6 Å². The molecule has 0 spiro atoms. The SMILES string of the molecule is CCC(=O)[O-].CCCC(=O)[O-].Nc1nc[n+]([C@H]2CC(O)[C@@H](CO)O2)c(=O)[nH]1.Nc1nc[n+]([C@H]2CC(O)[C@@H](CO)O2)c(=O)[nH]1. The average Bonchev–Trinajstić information content (AvgIpc) is 3.50. The van der Waals surface area contributed by atoms with Gasteiger partial charge in [-0.15, -0.1) is 0 Å². The molecule has 2 aliphatic rings. The molecular weight excluding hydrogens is 580 g/mol. The van der Waals surface area contributed by atoms with E-state index in [1.54, 1.807) is 6.92 Å². The van der Waals surface area contributed by atoms with Crippen LogP contribution in [0.3, 0.4) is 0 Å². The van der Waals surface area contributed by atoms with Crippen LogP contribution in [0.4, 0.5) is 11.9 Å². The van der Waals surface area contributed by atoms with Gasteiger partial charge in [-0.3, -0.25) is 0 Å². The van der Waals surface area contributed by atoms with Gasteiger partial charge < -0.3 is 61.2 Å². The maximum absolute atomic E-state index is 11.5. The highest BCUT2D eigenvalue weighted by atomic mass is 16.5. The zero-order chi connectivity index (χ0) is 32.7. The Hall–Kier alpha value is -4.08. The minimum Gasteiger partial charge on any atom is -0.550 e. The van der Waals surface area contributed by atoms with E-state index >= 15 is 0 Å². The van der Waals surface area contributed by atoms with Crippen LogP contribution >= 0.6 is 0 Å². The van der Waals surface area contributed by atoms with E-state index < -0.39 is 60.2 Å². The summed E-state index contributed by atoms with van der Waals surface area (Å²) in [5.74, 6) is -1.93. The van der Waals surface area contributed by atoms with E-state index in [1.807, 2.05) is 0 Å². The number of nitrogens with zero attached hydrogens (tertiary/aromatic N) is 4. The van der Waals surface area contributed by atoms with Crippen LogP contribution in [-0.2, 0) is 19.1 Å². The number of aliphatic hydroxyl groups is 4. The molecule has 2 aliphatic heterocycles. The highest BCUT2D eigenvalue weighted by Crippen LogP contribution is 2.24. The van der Waals surface area contributed by atoms with Gasteiger partial charge in [0.15, 0.2) is 12.5 Å². The molecule has 2 saturated heterocycles. The molecule has 0 aromatic carbocycles. The number of nitrogen functional groups attached to an aromatic ring is 2. The van der Waals surface area contributed by atoms with Crippen molar-refractivity contribution >= 4 is 23.8 Å². The Kier molecular flexibility index (Phi) is 15.9. The molecule has 4 rings (SSSR count). The van der Waals surface area contributed by atoms with E-state index in [4.69, 9.17) is 31.2 Å². The Morgan fingerprint density at radius 1 is 0.884 bits per heavy atom. The van der Waals surface area contributed by atoms with Gasteiger partial charge >= 0.3 is 23.3 Å². The van der Waals surface area contributed by atoms with Gasteiger partial charge in [0.1, 0.15) is 12.2 Å². The lowest BCUT2D eigenvalue weighted by Crippen LogP contribution is -2.55. The molecule has 2 unspecified atom stereocenters. The Bertz CT molecular complexity index is 1190. The van der Waals surface area contributed by atoms with Crippen molar-refractivity contribution in [1.82, 2.24) is 19.9 Å². The first kappa shape index (κ1) is 36.9. The Morgan fingerprint density at radius 3 is 1.47 bits per heavy atom. The lowest BCUT2D eigenvalue weighted by molar-refractivity contribution is -0.776. The van der Waals surface area contributed by atoms with Crippen molar-refractivity contribution in [2.45, 2.75) is 82.8 Å². The van der Waals surface area contributed by atoms with Crippen LogP contribution in [0.5, 0.6) is 0 Å². The van der Waals surface area contributed by atoms with Gasteiger partial charge in [-0.1, -0.05) is 30.2 Å². The number of anilines is 2. The number of nitrogens with one attached hydrogen (secondary N) is 2. The lowest BCUT2D eigenvalue weighted by atomic mass is 10.2. The van der Waals surface area contributed by atoms with Gasteiger partial charge in [0.2, 0.25) is 12.7 Å². The quantitative estimate of drug-likeness (QED) is 0.134. The minimum absolute atomic E-state index is 0.0125. The summed E-state index contributed by atoms with van der Waals surface area (Å²) in [5.41, 5.74) is 9.66. The molecule has 2 aromatic rings. The van der Waals surface area contributed by atoms with E-state index in [0.717, 1.165) is 0 Å². The fraction of sp³-hybridized carbons (Fsp3) is 0.652. The number of hydrogen-bond acceptors (Lipinski definition) is 16. The molecule has 43 heavy (non-hydrogen) atoms. The van der Waals surface area contributed by atoms with Crippen LogP contribution in [0.15, 0.2) is 22.2 Å². The number of carbonyl (C=O) groups excluding carboxylic acids is 2. The Labute approximate surface area is 244 Å². The molecule has 10 N–H and O–H groups in total. The van der Waals surface area contributed by atoms with Crippen LogP contribution in [0.1, 0.15) is 58.4 Å². The second-order valence-electron chi connectivity index (χ2n) is 9.01. The number of carboxylic acids is 2. The van der Waals surface area contributed by atoms with Crippen LogP contribution in [0.25, 0.3) is 0 Å². The molecule has 0 bridgehead atoms. The third-order valence-electron chi connectivity index (χ3n) is 5.71. The van der Waals surface area contributed by atoms with Crippen LogP contribution in [0, 0.1) is 0 Å². The van der Waals surface area contributed by atoms with Gasteiger partial charge in [-0.25, -0.2) is 9.59 Å². The summed E-state index contributed by atoms with van der Waals surface area (Å²) in [6.45, 7) is 2.75. The summed E-state index contributed by atoms with van der Waals surface area (Å²) in [5, 5.41) is 55.6. The van der Waals surface area contributed by atoms with E-state index in [9.17, 15) is 39.6 Å². The summed E-state index contributed by atoms with van der Waals surface area (Å²) in [6.07, 6.45) is -0.301. The zero-order valence-corrected chi connectivity index (χ0v) is 23.6. The summed E-state index contributed by atoms with van der Waals surface area (Å²) >= 11 is 0. The average molecular weight is 619 g/mol. The van der Waals surface area contributed by atoms with E-state index in [2.05, 4.69) is 19.9 Å². The van der Waals surface area contributed by atoms with Crippen molar-refractivity contribution < 1.29 is 58.8 Å². The van der Waals surface area contributed by atoms with Gasteiger partial charge in [-0.05, 0) is 12.8 Å². The predicted molar refractivity (Wildman–Crippen MR) is 137 cm³/mol. The molecule has 2 fully saturated rings. The van der Waals surface area contributed by atoms with Gasteiger partial charge in [0.25, 0.3) is 0 Å². The van der Waals surface area contributed by atoms with Crippen molar-refractivity contribution in [3.8, 4) is 0 Å². The molecule has 6 atom stereocenters. The number of carbonyl (C=O) groups is 2. The number of aromatic amines is 2. The summed E-state index contributed by atoms with van der Waals surface area (Å²) in [6, 6.07) is 0. The summed E-state index contributed by atoms with van der Waals surface area (Å²) in [4.78, 5) is 53.8. The number of H-pyrrole nitrogens is 2. The number of aliphatic carboxylic acids is 2. The molecule has 0 saturated carbocycles. The third kappa shape index (κ3) is 12.4. The summed E-state index contributed by atoms with van der Waals surface area (Å²) < 4.78 is 13.0. The number of carboxylic acid groups (broad SMARTS) is 2. The molecular formula is C23H38N8O12. The number of rotatable bonds is 7. The van der Waals surface area contributed by atoms with Gasteiger partial charge in [0, 0.05) is 24.8 Å². The maximum atomic E-state index is 11.5.